The summed E-state index contributed by atoms with van der Waals surface area (Å²) in [6.45, 7) is 5.34. The summed E-state index contributed by atoms with van der Waals surface area (Å²) in [5, 5.41) is 3.69. The minimum Gasteiger partial charge on any atom is -0.461 e. The van der Waals surface area contributed by atoms with Gasteiger partial charge in [-0.05, 0) is 32.1 Å². The van der Waals surface area contributed by atoms with Crippen LogP contribution in [0.5, 0.6) is 0 Å². The second-order valence-corrected chi connectivity index (χ2v) is 4.72. The molecule has 0 unspecified atom stereocenters. The van der Waals surface area contributed by atoms with E-state index in [0.29, 0.717) is 5.92 Å². The van der Waals surface area contributed by atoms with Gasteiger partial charge < -0.3 is 9.57 Å². The molecular formula is C13H21NO4. The average molecular weight is 255 g/mol. The van der Waals surface area contributed by atoms with Gasteiger partial charge in [-0.3, -0.25) is 4.79 Å². The molecule has 5 nitrogen and oxygen atoms in total. The van der Waals surface area contributed by atoms with Crippen molar-refractivity contribution in [2.24, 2.45) is 11.1 Å². The first-order valence-corrected chi connectivity index (χ1v) is 6.46. The van der Waals surface area contributed by atoms with Gasteiger partial charge >= 0.3 is 5.97 Å². The van der Waals surface area contributed by atoms with Crippen LogP contribution in [0.1, 0.15) is 46.5 Å². The van der Waals surface area contributed by atoms with Crippen molar-refractivity contribution in [2.75, 3.05) is 6.61 Å². The minimum atomic E-state index is -0.714. The highest BCUT2D eigenvalue weighted by atomic mass is 16.6. The number of carbonyl (C=O) groups is 2. The van der Waals surface area contributed by atoms with Gasteiger partial charge in [-0.2, -0.15) is 0 Å². The molecular weight excluding hydrogens is 234 g/mol. The van der Waals surface area contributed by atoms with Crippen LogP contribution in [0.2, 0.25) is 0 Å². The predicted molar refractivity (Wildman–Crippen MR) is 67.3 cm³/mol. The fourth-order valence-corrected chi connectivity index (χ4v) is 2.05. The zero-order valence-corrected chi connectivity index (χ0v) is 11.3. The van der Waals surface area contributed by atoms with Gasteiger partial charge in [0.2, 0.25) is 5.71 Å². The van der Waals surface area contributed by atoms with E-state index in [-0.39, 0.29) is 18.4 Å². The van der Waals surface area contributed by atoms with Gasteiger partial charge in [-0.15, -0.1) is 0 Å². The maximum atomic E-state index is 11.5. The summed E-state index contributed by atoms with van der Waals surface area (Å²) < 4.78 is 4.76. The maximum absolute atomic E-state index is 11.5. The first kappa shape index (κ1) is 14.7. The lowest BCUT2D eigenvalue weighted by atomic mass is 9.89. The summed E-state index contributed by atoms with van der Waals surface area (Å²) in [5.41, 5.74) is -0.255. The molecule has 1 saturated carbocycles. The molecule has 0 bridgehead atoms. The van der Waals surface area contributed by atoms with Gasteiger partial charge in [0.1, 0.15) is 6.10 Å². The number of hydrogen-bond acceptors (Lipinski definition) is 5. The van der Waals surface area contributed by atoms with Crippen LogP contribution in [0.15, 0.2) is 5.16 Å². The van der Waals surface area contributed by atoms with Gasteiger partial charge in [-0.25, -0.2) is 4.79 Å². The van der Waals surface area contributed by atoms with Crippen molar-refractivity contribution in [1.82, 2.24) is 0 Å². The van der Waals surface area contributed by atoms with E-state index < -0.39 is 11.8 Å². The summed E-state index contributed by atoms with van der Waals surface area (Å²) in [7, 11) is 0. The van der Waals surface area contributed by atoms with E-state index in [1.165, 1.54) is 13.3 Å². The van der Waals surface area contributed by atoms with Crippen LogP contribution in [0.25, 0.3) is 0 Å². The lowest BCUT2D eigenvalue weighted by molar-refractivity contribution is -0.136. The maximum Gasteiger partial charge on any atom is 0.364 e. The third kappa shape index (κ3) is 4.47. The Balaban J connectivity index is 2.59. The van der Waals surface area contributed by atoms with Crippen molar-refractivity contribution >= 4 is 17.5 Å². The van der Waals surface area contributed by atoms with E-state index in [4.69, 9.17) is 9.57 Å². The second-order valence-electron chi connectivity index (χ2n) is 4.72. The molecule has 0 aromatic carbocycles. The van der Waals surface area contributed by atoms with Crippen LogP contribution in [-0.4, -0.2) is 30.2 Å². The molecule has 0 heterocycles. The molecule has 0 N–H and O–H groups in total. The molecule has 1 aliphatic rings. The van der Waals surface area contributed by atoms with Crippen molar-refractivity contribution in [3.63, 3.8) is 0 Å². The predicted octanol–water partition coefficient (Wildman–Crippen LogP) is 2.09. The van der Waals surface area contributed by atoms with Crippen LogP contribution >= 0.6 is 0 Å². The number of carbonyl (C=O) groups excluding carboxylic acids is 2. The van der Waals surface area contributed by atoms with E-state index in [9.17, 15) is 9.59 Å². The van der Waals surface area contributed by atoms with Gasteiger partial charge in [0.05, 0.1) is 6.61 Å². The molecule has 0 radical (unpaired) electrons. The summed E-state index contributed by atoms with van der Waals surface area (Å²) in [6.07, 6.45) is 4.12. The van der Waals surface area contributed by atoms with Gasteiger partial charge in [0.25, 0.3) is 0 Å². The Hall–Kier alpha value is -1.39. The molecule has 102 valence electrons. The number of ketones is 1. The summed E-state index contributed by atoms with van der Waals surface area (Å²) in [4.78, 5) is 28.1. The molecule has 5 heteroatoms. The summed E-state index contributed by atoms with van der Waals surface area (Å²) in [5.74, 6) is -0.548. The van der Waals surface area contributed by atoms with E-state index in [1.54, 1.807) is 6.92 Å². The monoisotopic (exact) mass is 255 g/mol. The highest BCUT2D eigenvalue weighted by Gasteiger charge is 2.23. The van der Waals surface area contributed by atoms with Gasteiger partial charge in [0, 0.05) is 6.92 Å². The average Bonchev–Trinajstić information content (AvgIpc) is 2.29. The van der Waals surface area contributed by atoms with E-state index in [2.05, 4.69) is 12.1 Å². The number of ether oxygens (including phenoxy) is 1. The molecule has 0 aromatic rings. The van der Waals surface area contributed by atoms with Crippen LogP contribution in [-0.2, 0) is 19.2 Å². The molecule has 0 spiro atoms. The molecule has 1 aliphatic carbocycles. The highest BCUT2D eigenvalue weighted by molar-refractivity contribution is 6.63. The normalized spacial score (nSPS) is 24.5. The molecule has 0 aliphatic heterocycles. The fourth-order valence-electron chi connectivity index (χ4n) is 2.05. The Morgan fingerprint density at radius 2 is 2.06 bits per heavy atom. The number of hydrogen-bond donors (Lipinski definition) is 0. The first-order chi connectivity index (χ1) is 8.54. The van der Waals surface area contributed by atoms with E-state index in [0.717, 1.165) is 19.3 Å². The lowest BCUT2D eigenvalue weighted by Crippen LogP contribution is -2.27. The molecule has 0 aromatic heterocycles. The Bertz CT molecular complexity index is 338. The third-order valence-corrected chi connectivity index (χ3v) is 2.98. The van der Waals surface area contributed by atoms with E-state index >= 15 is 0 Å². The quantitative estimate of drug-likeness (QED) is 0.326. The highest BCUT2D eigenvalue weighted by Crippen LogP contribution is 2.25. The van der Waals surface area contributed by atoms with Crippen LogP contribution in [0, 0.1) is 5.92 Å². The standard InChI is InChI=1S/C13H21NO4/c1-4-17-13(16)12(10(3)15)14-18-11-7-5-6-9(2)8-11/h9,11H,4-8H2,1-3H3/b14-12-/t9-,11+/m1/s1. The van der Waals surface area contributed by atoms with Crippen molar-refractivity contribution in [3.8, 4) is 0 Å². The first-order valence-electron chi connectivity index (χ1n) is 6.46. The lowest BCUT2D eigenvalue weighted by Gasteiger charge is -2.24. The topological polar surface area (TPSA) is 65.0 Å². The zero-order chi connectivity index (χ0) is 13.5. The Labute approximate surface area is 108 Å². The van der Waals surface area contributed by atoms with Crippen molar-refractivity contribution < 1.29 is 19.2 Å². The van der Waals surface area contributed by atoms with Crippen LogP contribution < -0.4 is 0 Å². The molecule has 0 saturated heterocycles. The number of nitrogens with zero attached hydrogens (tertiary/aromatic N) is 1. The molecule has 1 rings (SSSR count). The third-order valence-electron chi connectivity index (χ3n) is 2.98. The molecule has 1 fully saturated rings. The van der Waals surface area contributed by atoms with Gasteiger partial charge in [0.15, 0.2) is 5.78 Å². The van der Waals surface area contributed by atoms with Gasteiger partial charge in [-0.1, -0.05) is 18.5 Å². The van der Waals surface area contributed by atoms with Crippen molar-refractivity contribution in [1.29, 1.82) is 0 Å². The Kier molecular flexibility index (Phi) is 5.82. The molecule has 0 amide bonds. The SMILES string of the molecule is CCOC(=O)/C(=N\O[C@H]1CCC[C@@H](C)C1)C(C)=O. The van der Waals surface area contributed by atoms with Crippen molar-refractivity contribution in [3.05, 3.63) is 0 Å². The fraction of sp³-hybridized carbons (Fsp3) is 0.769. The zero-order valence-electron chi connectivity index (χ0n) is 11.3. The molecule has 2 atom stereocenters. The van der Waals surface area contributed by atoms with E-state index in [1.807, 2.05) is 0 Å². The van der Waals surface area contributed by atoms with Crippen molar-refractivity contribution in [2.45, 2.75) is 52.6 Å². The summed E-state index contributed by atoms with van der Waals surface area (Å²) in [6, 6.07) is 0. The number of esters is 1. The van der Waals surface area contributed by atoms with Crippen LogP contribution in [0.4, 0.5) is 0 Å². The second kappa shape index (κ2) is 7.13. The number of oxime groups is 1. The molecule has 18 heavy (non-hydrogen) atoms. The Morgan fingerprint density at radius 1 is 1.33 bits per heavy atom. The van der Waals surface area contributed by atoms with Crippen LogP contribution in [0.3, 0.4) is 0 Å². The minimum absolute atomic E-state index is 0.00229. The Morgan fingerprint density at radius 3 is 2.61 bits per heavy atom. The smallest absolute Gasteiger partial charge is 0.364 e. The largest absolute Gasteiger partial charge is 0.461 e. The number of rotatable bonds is 5. The number of Topliss-reactive ketones (excluding diaryl/α,β-unsaturated/α-hetero) is 1. The summed E-state index contributed by atoms with van der Waals surface area (Å²) >= 11 is 0.